The van der Waals surface area contributed by atoms with Gasteiger partial charge in [0.25, 0.3) is 0 Å². The van der Waals surface area contributed by atoms with Crippen LogP contribution >= 0.6 is 0 Å². The summed E-state index contributed by atoms with van der Waals surface area (Å²) in [6.45, 7) is 4.58. The molecule has 1 unspecified atom stereocenters. The minimum atomic E-state index is 0.656. The first-order valence-electron chi connectivity index (χ1n) is 6.28. The van der Waals surface area contributed by atoms with Gasteiger partial charge in [0, 0.05) is 0 Å². The Balaban J connectivity index is 2.39. The van der Waals surface area contributed by atoms with E-state index in [1.54, 1.807) is 0 Å². The Labute approximate surface area is 98.7 Å². The molecule has 0 aliphatic heterocycles. The maximum atomic E-state index is 2.32. The molecule has 0 N–H and O–H groups in total. The predicted octanol–water partition coefficient (Wildman–Crippen LogP) is 4.93. The smallest absolute Gasteiger partial charge is 0.0187 e. The predicted molar refractivity (Wildman–Crippen MR) is 71.5 cm³/mol. The lowest BCUT2D eigenvalue weighted by atomic mass is 9.87. The summed E-state index contributed by atoms with van der Waals surface area (Å²) in [4.78, 5) is 0. The Morgan fingerprint density at radius 1 is 1.25 bits per heavy atom. The molecule has 1 aliphatic rings. The quantitative estimate of drug-likeness (QED) is 0.666. The van der Waals surface area contributed by atoms with Crippen LogP contribution < -0.4 is 0 Å². The molecule has 0 spiro atoms. The Morgan fingerprint density at radius 2 is 2.06 bits per heavy atom. The molecular formula is C16H20. The fourth-order valence-corrected chi connectivity index (χ4v) is 2.27. The summed E-state index contributed by atoms with van der Waals surface area (Å²) >= 11 is 0. The van der Waals surface area contributed by atoms with E-state index in [4.69, 9.17) is 0 Å². The molecule has 2 rings (SSSR count). The van der Waals surface area contributed by atoms with Crippen molar-refractivity contribution in [3.63, 3.8) is 0 Å². The molecule has 0 saturated heterocycles. The second-order valence-electron chi connectivity index (χ2n) is 4.56. The molecule has 1 aromatic rings. The minimum Gasteiger partial charge on any atom is -0.0842 e. The summed E-state index contributed by atoms with van der Waals surface area (Å²) in [5.41, 5.74) is 4.46. The number of hydrogen-bond donors (Lipinski definition) is 0. The topological polar surface area (TPSA) is 0 Å². The normalized spacial score (nSPS) is 17.0. The number of hydrogen-bond acceptors (Lipinski definition) is 0. The molecule has 1 aromatic carbocycles. The maximum absolute atomic E-state index is 2.32. The maximum Gasteiger partial charge on any atom is -0.0187 e. The molecule has 1 aliphatic carbocycles. The Hall–Kier alpha value is -1.30. The van der Waals surface area contributed by atoms with Crippen molar-refractivity contribution >= 4 is 5.57 Å². The molecule has 0 saturated carbocycles. The van der Waals surface area contributed by atoms with Crippen LogP contribution in [-0.4, -0.2) is 0 Å². The summed E-state index contributed by atoms with van der Waals surface area (Å²) in [5, 5.41) is 0. The molecule has 0 fully saturated rings. The third kappa shape index (κ3) is 2.27. The first kappa shape index (κ1) is 11.2. The van der Waals surface area contributed by atoms with Gasteiger partial charge >= 0.3 is 0 Å². The fraction of sp³-hybridized carbons (Fsp3) is 0.375. The van der Waals surface area contributed by atoms with Crippen molar-refractivity contribution in [2.45, 2.75) is 39.0 Å². The van der Waals surface area contributed by atoms with E-state index in [-0.39, 0.29) is 0 Å². The van der Waals surface area contributed by atoms with Crippen molar-refractivity contribution in [1.29, 1.82) is 0 Å². The second kappa shape index (κ2) is 5.16. The zero-order chi connectivity index (χ0) is 11.4. The van der Waals surface area contributed by atoms with Gasteiger partial charge in [-0.1, -0.05) is 56.3 Å². The van der Waals surface area contributed by atoms with Gasteiger partial charge in [0.05, 0.1) is 0 Å². The molecule has 16 heavy (non-hydrogen) atoms. The van der Waals surface area contributed by atoms with Crippen LogP contribution in [0, 0.1) is 0 Å². The van der Waals surface area contributed by atoms with Gasteiger partial charge in [-0.15, -0.1) is 0 Å². The van der Waals surface area contributed by atoms with Gasteiger partial charge in [-0.2, -0.15) is 0 Å². The van der Waals surface area contributed by atoms with Crippen LogP contribution in [0.15, 0.2) is 42.5 Å². The largest absolute Gasteiger partial charge is 0.0842 e. The van der Waals surface area contributed by atoms with Crippen LogP contribution in [-0.2, 0) is 0 Å². The lowest BCUT2D eigenvalue weighted by Crippen LogP contribution is -1.99. The van der Waals surface area contributed by atoms with Gasteiger partial charge in [-0.25, -0.2) is 0 Å². The molecule has 0 heteroatoms. The molecule has 84 valence electrons. The molecular weight excluding hydrogens is 192 g/mol. The zero-order valence-corrected chi connectivity index (χ0v) is 10.2. The van der Waals surface area contributed by atoms with Crippen molar-refractivity contribution in [2.24, 2.45) is 0 Å². The van der Waals surface area contributed by atoms with Crippen molar-refractivity contribution in [2.75, 3.05) is 0 Å². The highest BCUT2D eigenvalue weighted by atomic mass is 14.2. The van der Waals surface area contributed by atoms with Gasteiger partial charge in [0.15, 0.2) is 0 Å². The highest BCUT2D eigenvalue weighted by molar-refractivity contribution is 5.71. The monoisotopic (exact) mass is 212 g/mol. The first-order chi connectivity index (χ1) is 7.83. The molecule has 1 atom stereocenters. The van der Waals surface area contributed by atoms with Crippen LogP contribution in [0.4, 0.5) is 0 Å². The van der Waals surface area contributed by atoms with Gasteiger partial charge in [0.1, 0.15) is 0 Å². The lowest BCUT2D eigenvalue weighted by molar-refractivity contribution is 0.730. The molecule has 0 nitrogen and oxygen atoms in total. The summed E-state index contributed by atoms with van der Waals surface area (Å²) in [5.74, 6) is 0.656. The molecule has 0 radical (unpaired) electrons. The lowest BCUT2D eigenvalue weighted by Gasteiger charge is -2.18. The van der Waals surface area contributed by atoms with Gasteiger partial charge in [0.2, 0.25) is 0 Å². The standard InChI is InChI=1S/C16H20/c1-3-13(2)15-11-7-8-12-16(15)14-9-5-4-6-10-14/h4-5,7-9,11-13H,3,6,10H2,1-2H3. The Bertz CT molecular complexity index is 410. The van der Waals surface area contributed by atoms with Gasteiger partial charge < -0.3 is 0 Å². The highest BCUT2D eigenvalue weighted by Crippen LogP contribution is 2.31. The van der Waals surface area contributed by atoms with E-state index < -0.39 is 0 Å². The van der Waals surface area contributed by atoms with E-state index in [9.17, 15) is 0 Å². The average molecular weight is 212 g/mol. The Morgan fingerprint density at radius 3 is 2.75 bits per heavy atom. The average Bonchev–Trinajstić information content (AvgIpc) is 2.39. The van der Waals surface area contributed by atoms with Gasteiger partial charge in [-0.05, 0) is 41.9 Å². The highest BCUT2D eigenvalue weighted by Gasteiger charge is 2.11. The number of allylic oxidation sites excluding steroid dienone is 4. The second-order valence-corrected chi connectivity index (χ2v) is 4.56. The molecule has 0 aromatic heterocycles. The summed E-state index contributed by atoms with van der Waals surface area (Å²) < 4.78 is 0. The number of benzene rings is 1. The molecule has 0 amide bonds. The van der Waals surface area contributed by atoms with Crippen LogP contribution in [0.2, 0.25) is 0 Å². The first-order valence-corrected chi connectivity index (χ1v) is 6.28. The summed E-state index contributed by atoms with van der Waals surface area (Å²) in [7, 11) is 0. The summed E-state index contributed by atoms with van der Waals surface area (Å²) in [6.07, 6.45) is 10.3. The van der Waals surface area contributed by atoms with Crippen LogP contribution in [0.25, 0.3) is 5.57 Å². The van der Waals surface area contributed by atoms with Crippen molar-refractivity contribution in [3.05, 3.63) is 53.6 Å². The minimum absolute atomic E-state index is 0.656. The van der Waals surface area contributed by atoms with Gasteiger partial charge in [-0.3, -0.25) is 0 Å². The van der Waals surface area contributed by atoms with Crippen molar-refractivity contribution < 1.29 is 0 Å². The van der Waals surface area contributed by atoms with Crippen LogP contribution in [0.5, 0.6) is 0 Å². The van der Waals surface area contributed by atoms with E-state index in [0.29, 0.717) is 5.92 Å². The third-order valence-electron chi connectivity index (χ3n) is 3.46. The van der Waals surface area contributed by atoms with E-state index >= 15 is 0 Å². The molecule has 0 heterocycles. The fourth-order valence-electron chi connectivity index (χ4n) is 2.27. The van der Waals surface area contributed by atoms with E-state index in [2.05, 4.69) is 56.3 Å². The Kier molecular flexibility index (Phi) is 3.61. The van der Waals surface area contributed by atoms with Crippen LogP contribution in [0.3, 0.4) is 0 Å². The number of rotatable bonds is 3. The zero-order valence-electron chi connectivity index (χ0n) is 10.2. The summed E-state index contributed by atoms with van der Waals surface area (Å²) in [6, 6.07) is 8.86. The molecule has 0 bridgehead atoms. The van der Waals surface area contributed by atoms with Crippen LogP contribution in [0.1, 0.15) is 50.2 Å². The van der Waals surface area contributed by atoms with E-state index in [0.717, 1.165) is 0 Å². The van der Waals surface area contributed by atoms with E-state index in [1.165, 1.54) is 36.0 Å². The SMILES string of the molecule is CCC(C)c1ccccc1C1=CC=CCC1. The third-order valence-corrected chi connectivity index (χ3v) is 3.46. The van der Waals surface area contributed by atoms with Crippen molar-refractivity contribution in [1.82, 2.24) is 0 Å². The van der Waals surface area contributed by atoms with Crippen molar-refractivity contribution in [3.8, 4) is 0 Å². The van der Waals surface area contributed by atoms with E-state index in [1.807, 2.05) is 0 Å².